The number of anilines is 2. The highest BCUT2D eigenvalue weighted by molar-refractivity contribution is 5.60. The molecule has 1 heterocycles. The van der Waals surface area contributed by atoms with Gasteiger partial charge in [0, 0.05) is 13.1 Å². The molecule has 0 unspecified atom stereocenters. The quantitative estimate of drug-likeness (QED) is 0.735. The van der Waals surface area contributed by atoms with Crippen LogP contribution in [0.3, 0.4) is 0 Å². The number of nitrogens with zero attached hydrogens (tertiary/aromatic N) is 4. The minimum absolute atomic E-state index is 0.00313. The van der Waals surface area contributed by atoms with Crippen molar-refractivity contribution in [3.05, 3.63) is 16.7 Å². The maximum Gasteiger partial charge on any atom is 0.276 e. The molecule has 88 valence electrons. The summed E-state index contributed by atoms with van der Waals surface area (Å²) in [5, 5.41) is 17.1. The standard InChI is InChI=1S/C10H12N6O/c11-3-1-5-16(6-2-4-12)9-8(13)10(17)15-7-14-9/h7H,1-2,5-6,13H2,(H,14,15,17). The lowest BCUT2D eigenvalue weighted by Gasteiger charge is -2.21. The van der Waals surface area contributed by atoms with Crippen molar-refractivity contribution in [3.63, 3.8) is 0 Å². The molecule has 1 aromatic rings. The molecule has 1 aromatic heterocycles. The van der Waals surface area contributed by atoms with Gasteiger partial charge in [0.05, 0.1) is 31.3 Å². The molecule has 0 aliphatic rings. The van der Waals surface area contributed by atoms with E-state index in [0.29, 0.717) is 18.9 Å². The predicted octanol–water partition coefficient (Wildman–Crippen LogP) is -0.0141. The summed E-state index contributed by atoms with van der Waals surface area (Å²) in [5.41, 5.74) is 5.19. The van der Waals surface area contributed by atoms with Crippen LogP contribution < -0.4 is 16.2 Å². The third-order valence-corrected chi connectivity index (χ3v) is 2.15. The SMILES string of the molecule is N#CCCN(CCC#N)c1nc[nH]c(=O)c1N. The molecule has 7 heteroatoms. The fraction of sp³-hybridized carbons (Fsp3) is 0.400. The number of rotatable bonds is 5. The highest BCUT2D eigenvalue weighted by Crippen LogP contribution is 2.15. The normalized spacial score (nSPS) is 9.29. The number of aromatic nitrogens is 2. The van der Waals surface area contributed by atoms with Gasteiger partial charge in [0.2, 0.25) is 0 Å². The lowest BCUT2D eigenvalue weighted by atomic mass is 10.3. The zero-order valence-corrected chi connectivity index (χ0v) is 9.18. The molecule has 0 aromatic carbocycles. The van der Waals surface area contributed by atoms with Crippen LogP contribution in [0.25, 0.3) is 0 Å². The molecule has 7 nitrogen and oxygen atoms in total. The van der Waals surface area contributed by atoms with Crippen LogP contribution in [-0.2, 0) is 0 Å². The van der Waals surface area contributed by atoms with E-state index in [9.17, 15) is 4.79 Å². The first kappa shape index (κ1) is 12.5. The van der Waals surface area contributed by atoms with E-state index < -0.39 is 5.56 Å². The second-order valence-corrected chi connectivity index (χ2v) is 3.27. The number of hydrogen-bond acceptors (Lipinski definition) is 6. The van der Waals surface area contributed by atoms with Gasteiger partial charge >= 0.3 is 0 Å². The van der Waals surface area contributed by atoms with Gasteiger partial charge in [-0.25, -0.2) is 4.98 Å². The van der Waals surface area contributed by atoms with Gasteiger partial charge in [-0.15, -0.1) is 0 Å². The third-order valence-electron chi connectivity index (χ3n) is 2.15. The lowest BCUT2D eigenvalue weighted by Crippen LogP contribution is -2.29. The second-order valence-electron chi connectivity index (χ2n) is 3.27. The number of nitriles is 2. The average Bonchev–Trinajstić information content (AvgIpc) is 2.34. The molecule has 17 heavy (non-hydrogen) atoms. The minimum atomic E-state index is -0.422. The zero-order valence-electron chi connectivity index (χ0n) is 9.18. The molecule has 3 N–H and O–H groups in total. The first-order valence-electron chi connectivity index (χ1n) is 5.02. The monoisotopic (exact) mass is 232 g/mol. The van der Waals surface area contributed by atoms with Crippen molar-refractivity contribution in [1.29, 1.82) is 10.5 Å². The van der Waals surface area contributed by atoms with E-state index in [-0.39, 0.29) is 18.5 Å². The summed E-state index contributed by atoms with van der Waals surface area (Å²) in [4.78, 5) is 19.3. The summed E-state index contributed by atoms with van der Waals surface area (Å²) in [6, 6.07) is 4.00. The van der Waals surface area contributed by atoms with Crippen LogP contribution in [-0.4, -0.2) is 23.1 Å². The molecule has 0 aliphatic heterocycles. The highest BCUT2D eigenvalue weighted by Gasteiger charge is 2.12. The van der Waals surface area contributed by atoms with Crippen molar-refractivity contribution in [2.24, 2.45) is 0 Å². The van der Waals surface area contributed by atoms with Gasteiger partial charge in [0.15, 0.2) is 5.82 Å². The van der Waals surface area contributed by atoms with Crippen molar-refractivity contribution in [1.82, 2.24) is 9.97 Å². The van der Waals surface area contributed by atoms with Gasteiger partial charge in [-0.1, -0.05) is 0 Å². The van der Waals surface area contributed by atoms with E-state index >= 15 is 0 Å². The smallest absolute Gasteiger partial charge is 0.276 e. The van der Waals surface area contributed by atoms with Gasteiger partial charge in [0.1, 0.15) is 5.69 Å². The van der Waals surface area contributed by atoms with E-state index in [1.807, 2.05) is 12.1 Å². The molecule has 0 atom stereocenters. The molecule has 0 radical (unpaired) electrons. The number of hydrogen-bond donors (Lipinski definition) is 2. The topological polar surface area (TPSA) is 123 Å². The van der Waals surface area contributed by atoms with Crippen molar-refractivity contribution < 1.29 is 0 Å². The van der Waals surface area contributed by atoms with Crippen LogP contribution in [0.15, 0.2) is 11.1 Å². The second kappa shape index (κ2) is 6.13. The van der Waals surface area contributed by atoms with E-state index in [0.717, 1.165) is 0 Å². The van der Waals surface area contributed by atoms with Gasteiger partial charge in [-0.3, -0.25) is 4.79 Å². The largest absolute Gasteiger partial charge is 0.391 e. The van der Waals surface area contributed by atoms with Crippen LogP contribution in [0.4, 0.5) is 11.5 Å². The van der Waals surface area contributed by atoms with Gasteiger partial charge < -0.3 is 15.6 Å². The molecular weight excluding hydrogens is 220 g/mol. The van der Waals surface area contributed by atoms with E-state index in [1.54, 1.807) is 4.90 Å². The Bertz CT molecular complexity index is 491. The predicted molar refractivity (Wildman–Crippen MR) is 61.9 cm³/mol. The summed E-state index contributed by atoms with van der Waals surface area (Å²) in [6.45, 7) is 0.775. The Morgan fingerprint density at radius 2 is 1.94 bits per heavy atom. The Labute approximate surface area is 98.1 Å². The van der Waals surface area contributed by atoms with E-state index in [2.05, 4.69) is 9.97 Å². The fourth-order valence-electron chi connectivity index (χ4n) is 1.35. The highest BCUT2D eigenvalue weighted by atomic mass is 16.1. The minimum Gasteiger partial charge on any atom is -0.391 e. The molecule has 0 amide bonds. The summed E-state index contributed by atoms with van der Waals surface area (Å²) in [7, 11) is 0. The van der Waals surface area contributed by atoms with Gasteiger partial charge in [0.25, 0.3) is 5.56 Å². The molecule has 0 saturated heterocycles. The van der Waals surface area contributed by atoms with E-state index in [4.69, 9.17) is 16.3 Å². The Balaban J connectivity index is 2.96. The molecule has 0 spiro atoms. The molecule has 0 bridgehead atoms. The van der Waals surface area contributed by atoms with Crippen LogP contribution in [0.2, 0.25) is 0 Å². The molecule has 1 rings (SSSR count). The Hall–Kier alpha value is -2.54. The van der Waals surface area contributed by atoms with Gasteiger partial charge in [-0.2, -0.15) is 10.5 Å². The summed E-state index contributed by atoms with van der Waals surface area (Å²) in [6.07, 6.45) is 1.80. The Morgan fingerprint density at radius 1 is 1.35 bits per heavy atom. The lowest BCUT2D eigenvalue weighted by molar-refractivity contribution is 0.780. The maximum atomic E-state index is 11.3. The first-order valence-corrected chi connectivity index (χ1v) is 5.02. The molecule has 0 aliphatic carbocycles. The molecular formula is C10H12N6O. The van der Waals surface area contributed by atoms with Crippen LogP contribution >= 0.6 is 0 Å². The average molecular weight is 232 g/mol. The fourth-order valence-corrected chi connectivity index (χ4v) is 1.35. The Morgan fingerprint density at radius 3 is 2.47 bits per heavy atom. The first-order chi connectivity index (χ1) is 8.20. The maximum absolute atomic E-state index is 11.3. The van der Waals surface area contributed by atoms with Crippen LogP contribution in [0.1, 0.15) is 12.8 Å². The zero-order chi connectivity index (χ0) is 12.7. The number of aromatic amines is 1. The van der Waals surface area contributed by atoms with Crippen LogP contribution in [0.5, 0.6) is 0 Å². The number of H-pyrrole nitrogens is 1. The summed E-state index contributed by atoms with van der Waals surface area (Å²) >= 11 is 0. The van der Waals surface area contributed by atoms with E-state index in [1.165, 1.54) is 6.33 Å². The molecule has 0 saturated carbocycles. The number of nitrogens with one attached hydrogen (secondary N) is 1. The summed E-state index contributed by atoms with van der Waals surface area (Å²) < 4.78 is 0. The number of nitrogen functional groups attached to an aromatic ring is 1. The van der Waals surface area contributed by atoms with Crippen molar-refractivity contribution in [2.45, 2.75) is 12.8 Å². The van der Waals surface area contributed by atoms with Crippen molar-refractivity contribution in [3.8, 4) is 12.1 Å². The summed E-state index contributed by atoms with van der Waals surface area (Å²) in [5.74, 6) is 0.319. The van der Waals surface area contributed by atoms with Crippen LogP contribution in [0, 0.1) is 22.7 Å². The van der Waals surface area contributed by atoms with Gasteiger partial charge in [-0.05, 0) is 0 Å². The van der Waals surface area contributed by atoms with Crippen molar-refractivity contribution in [2.75, 3.05) is 23.7 Å². The third kappa shape index (κ3) is 3.21. The Kier molecular flexibility index (Phi) is 4.52. The number of nitrogens with two attached hydrogens (primary N) is 1. The molecule has 0 fully saturated rings. The van der Waals surface area contributed by atoms with Crippen molar-refractivity contribution >= 4 is 11.5 Å².